The molecule has 16 heavy (non-hydrogen) atoms. The molecule has 0 saturated carbocycles. The Bertz CT molecular complexity index is 393. The van der Waals surface area contributed by atoms with Crippen molar-refractivity contribution in [2.75, 3.05) is 6.26 Å². The number of benzene rings is 1. The van der Waals surface area contributed by atoms with Gasteiger partial charge in [-0.3, -0.25) is 0 Å². The molecule has 0 spiro atoms. The lowest BCUT2D eigenvalue weighted by Gasteiger charge is -2.08. The molecule has 1 unspecified atom stereocenters. The van der Waals surface area contributed by atoms with E-state index in [1.807, 2.05) is 30.5 Å². The molecule has 0 fully saturated rings. The summed E-state index contributed by atoms with van der Waals surface area (Å²) >= 11 is 1.65. The van der Waals surface area contributed by atoms with Gasteiger partial charge in [0.1, 0.15) is 11.7 Å². The highest BCUT2D eigenvalue weighted by Crippen LogP contribution is 2.18. The van der Waals surface area contributed by atoms with Gasteiger partial charge in [-0.15, -0.1) is 11.8 Å². The van der Waals surface area contributed by atoms with Crippen molar-refractivity contribution < 1.29 is 10.2 Å². The molecule has 1 atom stereocenters. The summed E-state index contributed by atoms with van der Waals surface area (Å²) < 4.78 is 0. The average molecular weight is 236 g/mol. The van der Waals surface area contributed by atoms with Gasteiger partial charge in [0.05, 0.1) is 0 Å². The molecule has 0 aromatic heterocycles. The lowest BCUT2D eigenvalue weighted by atomic mass is 10.1. The van der Waals surface area contributed by atoms with Gasteiger partial charge in [-0.1, -0.05) is 24.0 Å². The smallest absolute Gasteiger partial charge is 0.140 e. The maximum atomic E-state index is 9.76. The number of hydrogen-bond donors (Lipinski definition) is 2. The Hall–Kier alpha value is -0.950. The lowest BCUT2D eigenvalue weighted by molar-refractivity contribution is 0.142. The number of rotatable bonds is 2. The molecular formula is C13H16O2S. The molecule has 2 nitrogen and oxygen atoms in total. The summed E-state index contributed by atoms with van der Waals surface area (Å²) in [5, 5.41) is 19.2. The van der Waals surface area contributed by atoms with E-state index in [0.717, 1.165) is 10.5 Å². The SMILES string of the molecule is CSc1ccc(C(O)C#CC(C)(C)O)cc1. The summed E-state index contributed by atoms with van der Waals surface area (Å²) in [6.07, 6.45) is 1.15. The van der Waals surface area contributed by atoms with Crippen molar-refractivity contribution in [1.82, 2.24) is 0 Å². The van der Waals surface area contributed by atoms with Gasteiger partial charge < -0.3 is 10.2 Å². The molecule has 1 aromatic carbocycles. The summed E-state index contributed by atoms with van der Waals surface area (Å²) in [4.78, 5) is 1.14. The summed E-state index contributed by atoms with van der Waals surface area (Å²) in [5.74, 6) is 5.22. The van der Waals surface area contributed by atoms with Crippen LogP contribution >= 0.6 is 11.8 Å². The van der Waals surface area contributed by atoms with E-state index in [0.29, 0.717) is 0 Å². The number of aliphatic hydroxyl groups is 2. The van der Waals surface area contributed by atoms with Crippen molar-refractivity contribution in [3.8, 4) is 11.8 Å². The van der Waals surface area contributed by atoms with Crippen LogP contribution in [0.5, 0.6) is 0 Å². The summed E-state index contributed by atoms with van der Waals surface area (Å²) in [5.41, 5.74) is -0.324. The fourth-order valence-electron chi connectivity index (χ4n) is 1.11. The molecule has 0 radical (unpaired) electrons. The second-order valence-corrected chi connectivity index (χ2v) is 4.88. The molecule has 0 heterocycles. The van der Waals surface area contributed by atoms with Gasteiger partial charge in [-0.25, -0.2) is 0 Å². The lowest BCUT2D eigenvalue weighted by Crippen LogP contribution is -2.15. The zero-order chi connectivity index (χ0) is 12.2. The minimum atomic E-state index is -1.07. The van der Waals surface area contributed by atoms with E-state index in [4.69, 9.17) is 0 Å². The van der Waals surface area contributed by atoms with Gasteiger partial charge in [0, 0.05) is 4.90 Å². The first-order valence-electron chi connectivity index (χ1n) is 4.99. The number of hydrogen-bond acceptors (Lipinski definition) is 3. The van der Waals surface area contributed by atoms with Crippen LogP contribution in [-0.4, -0.2) is 22.1 Å². The summed E-state index contributed by atoms with van der Waals surface area (Å²) in [6, 6.07) is 7.56. The molecule has 0 aliphatic carbocycles. The van der Waals surface area contributed by atoms with Gasteiger partial charge in [0.2, 0.25) is 0 Å². The van der Waals surface area contributed by atoms with Crippen molar-refractivity contribution in [3.05, 3.63) is 29.8 Å². The Morgan fingerprint density at radius 1 is 1.25 bits per heavy atom. The normalized spacial score (nSPS) is 12.8. The van der Waals surface area contributed by atoms with Crippen LogP contribution in [0.4, 0.5) is 0 Å². The van der Waals surface area contributed by atoms with E-state index >= 15 is 0 Å². The van der Waals surface area contributed by atoms with Crippen molar-refractivity contribution in [3.63, 3.8) is 0 Å². The molecule has 2 N–H and O–H groups in total. The van der Waals surface area contributed by atoms with Gasteiger partial charge >= 0.3 is 0 Å². The molecule has 86 valence electrons. The predicted octanol–water partition coefficient (Wildman–Crippen LogP) is 2.22. The van der Waals surface area contributed by atoms with Crippen LogP contribution in [-0.2, 0) is 0 Å². The molecule has 1 rings (SSSR count). The molecule has 1 aromatic rings. The van der Waals surface area contributed by atoms with Crippen LogP contribution in [0, 0.1) is 11.8 Å². The highest BCUT2D eigenvalue weighted by molar-refractivity contribution is 7.98. The predicted molar refractivity (Wildman–Crippen MR) is 67.3 cm³/mol. The quantitative estimate of drug-likeness (QED) is 0.611. The average Bonchev–Trinajstić information content (AvgIpc) is 2.25. The van der Waals surface area contributed by atoms with Crippen LogP contribution in [0.3, 0.4) is 0 Å². The maximum Gasteiger partial charge on any atom is 0.140 e. The zero-order valence-electron chi connectivity index (χ0n) is 9.69. The van der Waals surface area contributed by atoms with E-state index < -0.39 is 11.7 Å². The first kappa shape index (κ1) is 13.1. The molecule has 0 aliphatic heterocycles. The molecule has 0 aliphatic rings. The van der Waals surface area contributed by atoms with Crippen LogP contribution < -0.4 is 0 Å². The Labute approximate surface area is 101 Å². The van der Waals surface area contributed by atoms with Crippen molar-refractivity contribution >= 4 is 11.8 Å². The third kappa shape index (κ3) is 4.28. The molecule has 0 bridgehead atoms. The van der Waals surface area contributed by atoms with E-state index in [1.165, 1.54) is 0 Å². The topological polar surface area (TPSA) is 40.5 Å². The second kappa shape index (κ2) is 5.40. The minimum absolute atomic E-state index is 0.745. The van der Waals surface area contributed by atoms with Crippen LogP contribution in [0.25, 0.3) is 0 Å². The summed E-state index contributed by atoms with van der Waals surface area (Å²) in [6.45, 7) is 3.17. The first-order chi connectivity index (χ1) is 7.42. The molecule has 3 heteroatoms. The standard InChI is InChI=1S/C13H16O2S/c1-13(2,15)9-8-12(14)10-4-6-11(16-3)7-5-10/h4-7,12,14-15H,1-3H3. The summed E-state index contributed by atoms with van der Waals surface area (Å²) in [7, 11) is 0. The number of thioether (sulfide) groups is 1. The third-order valence-electron chi connectivity index (χ3n) is 1.95. The fraction of sp³-hybridized carbons (Fsp3) is 0.385. The van der Waals surface area contributed by atoms with E-state index in [-0.39, 0.29) is 0 Å². The zero-order valence-corrected chi connectivity index (χ0v) is 10.5. The molecule has 0 amide bonds. The van der Waals surface area contributed by atoms with Gasteiger partial charge in [0.15, 0.2) is 0 Å². The largest absolute Gasteiger partial charge is 0.378 e. The second-order valence-electron chi connectivity index (χ2n) is 4.00. The Morgan fingerprint density at radius 2 is 1.81 bits per heavy atom. The Balaban J connectivity index is 2.79. The first-order valence-corrected chi connectivity index (χ1v) is 6.22. The fourth-order valence-corrected chi connectivity index (χ4v) is 1.52. The van der Waals surface area contributed by atoms with Gasteiger partial charge in [-0.2, -0.15) is 0 Å². The van der Waals surface area contributed by atoms with E-state index in [1.54, 1.807) is 25.6 Å². The van der Waals surface area contributed by atoms with E-state index in [2.05, 4.69) is 11.8 Å². The van der Waals surface area contributed by atoms with E-state index in [9.17, 15) is 10.2 Å². The Kier molecular flexibility index (Phi) is 4.43. The maximum absolute atomic E-state index is 9.76. The highest BCUT2D eigenvalue weighted by Gasteiger charge is 2.08. The number of aliphatic hydroxyl groups excluding tert-OH is 1. The minimum Gasteiger partial charge on any atom is -0.378 e. The van der Waals surface area contributed by atoms with Gasteiger partial charge in [0.25, 0.3) is 0 Å². The highest BCUT2D eigenvalue weighted by atomic mass is 32.2. The van der Waals surface area contributed by atoms with Gasteiger partial charge in [-0.05, 0) is 37.8 Å². The van der Waals surface area contributed by atoms with Crippen molar-refractivity contribution in [2.24, 2.45) is 0 Å². The van der Waals surface area contributed by atoms with Crippen molar-refractivity contribution in [2.45, 2.75) is 30.4 Å². The monoisotopic (exact) mass is 236 g/mol. The molecular weight excluding hydrogens is 220 g/mol. The van der Waals surface area contributed by atoms with Crippen LogP contribution in [0.2, 0.25) is 0 Å². The molecule has 0 saturated heterocycles. The van der Waals surface area contributed by atoms with Crippen LogP contribution in [0.1, 0.15) is 25.5 Å². The van der Waals surface area contributed by atoms with Crippen molar-refractivity contribution in [1.29, 1.82) is 0 Å². The third-order valence-corrected chi connectivity index (χ3v) is 2.69. The van der Waals surface area contributed by atoms with Crippen LogP contribution in [0.15, 0.2) is 29.2 Å². The Morgan fingerprint density at radius 3 is 2.25 bits per heavy atom.